The summed E-state index contributed by atoms with van der Waals surface area (Å²) < 4.78 is 73.4. The van der Waals surface area contributed by atoms with Gasteiger partial charge in [0.1, 0.15) is 0 Å². The summed E-state index contributed by atoms with van der Waals surface area (Å²) in [5.41, 5.74) is -4.04. The number of alkyl halides is 7. The minimum Gasteiger partial charge on any atom is -0.232 e. The molecular formula is C5H3ClF6. The summed E-state index contributed by atoms with van der Waals surface area (Å²) in [6, 6.07) is 0. The minimum atomic E-state index is -5.16. The molecule has 0 nitrogen and oxygen atoms in total. The van der Waals surface area contributed by atoms with E-state index in [1.165, 1.54) is 0 Å². The van der Waals surface area contributed by atoms with Gasteiger partial charge in [-0.15, -0.1) is 0 Å². The highest BCUT2D eigenvalue weighted by Gasteiger charge is 2.96. The van der Waals surface area contributed by atoms with E-state index in [0.29, 0.717) is 0 Å². The Hall–Kier alpha value is -0.130. The third-order valence-corrected chi connectivity index (χ3v) is 2.56. The normalized spacial score (nSPS) is 50.0. The first-order valence-corrected chi connectivity index (χ1v) is 3.20. The van der Waals surface area contributed by atoms with Gasteiger partial charge in [0.15, 0.2) is 0 Å². The maximum atomic E-state index is 12.5. The lowest BCUT2D eigenvalue weighted by atomic mass is 9.72. The first-order valence-electron chi connectivity index (χ1n) is 2.82. The Morgan fingerprint density at radius 1 is 0.833 bits per heavy atom. The molecular weight excluding hydrogens is 209 g/mol. The lowest BCUT2D eigenvalue weighted by molar-refractivity contribution is -0.405. The van der Waals surface area contributed by atoms with Gasteiger partial charge >= 0.3 is 11.8 Å². The highest BCUT2D eigenvalue weighted by atomic mass is 35.5. The van der Waals surface area contributed by atoms with Crippen molar-refractivity contribution in [3.63, 3.8) is 0 Å². The van der Waals surface area contributed by atoms with E-state index in [-0.39, 0.29) is 6.92 Å². The van der Waals surface area contributed by atoms with E-state index < -0.39 is 22.6 Å². The third kappa shape index (κ3) is 0.604. The summed E-state index contributed by atoms with van der Waals surface area (Å²) in [5, 5.41) is -4.33. The van der Waals surface area contributed by atoms with Crippen LogP contribution < -0.4 is 0 Å². The predicted molar refractivity (Wildman–Crippen MR) is 29.1 cm³/mol. The Kier molecular flexibility index (Phi) is 1.54. The molecule has 0 saturated heterocycles. The fourth-order valence-corrected chi connectivity index (χ4v) is 1.16. The molecule has 1 fully saturated rings. The van der Waals surface area contributed by atoms with E-state index in [1.54, 1.807) is 0 Å². The topological polar surface area (TPSA) is 0 Å². The van der Waals surface area contributed by atoms with Crippen LogP contribution in [0.2, 0.25) is 0 Å². The smallest absolute Gasteiger partial charge is 0.232 e. The van der Waals surface area contributed by atoms with Gasteiger partial charge in [0.2, 0.25) is 5.67 Å². The van der Waals surface area contributed by atoms with Crippen LogP contribution in [0.1, 0.15) is 6.92 Å². The molecule has 0 N–H and O–H groups in total. The van der Waals surface area contributed by atoms with Crippen molar-refractivity contribution in [2.24, 2.45) is 0 Å². The monoisotopic (exact) mass is 212 g/mol. The van der Waals surface area contributed by atoms with Crippen LogP contribution in [0, 0.1) is 0 Å². The second-order valence-electron chi connectivity index (χ2n) is 2.73. The molecule has 1 aliphatic carbocycles. The van der Waals surface area contributed by atoms with Gasteiger partial charge in [-0.3, -0.25) is 0 Å². The van der Waals surface area contributed by atoms with E-state index in [9.17, 15) is 26.3 Å². The van der Waals surface area contributed by atoms with E-state index >= 15 is 0 Å². The first-order chi connectivity index (χ1) is 5.00. The zero-order valence-corrected chi connectivity index (χ0v) is 6.40. The standard InChI is InChI=1S/C5H3ClF6/c1-2(7)3(6,8)5(11,12)4(2,9)10/h1H3. The van der Waals surface area contributed by atoms with Crippen molar-refractivity contribution >= 4 is 11.6 Å². The third-order valence-electron chi connectivity index (χ3n) is 1.97. The first kappa shape index (κ1) is 9.95. The van der Waals surface area contributed by atoms with Crippen molar-refractivity contribution in [3.05, 3.63) is 0 Å². The average Bonchev–Trinajstić information content (AvgIpc) is 1.84. The van der Waals surface area contributed by atoms with Crippen LogP contribution in [0.5, 0.6) is 0 Å². The molecule has 0 aromatic rings. The lowest BCUT2D eigenvalue weighted by Crippen LogP contribution is -2.82. The van der Waals surface area contributed by atoms with Crippen LogP contribution in [-0.4, -0.2) is 22.6 Å². The molecule has 0 aromatic carbocycles. The number of hydrogen-bond acceptors (Lipinski definition) is 0. The molecule has 12 heavy (non-hydrogen) atoms. The SMILES string of the molecule is CC1(F)C(F)(F)C(F)(F)C1(F)Cl. The number of rotatable bonds is 0. The molecule has 0 aromatic heterocycles. The highest BCUT2D eigenvalue weighted by Crippen LogP contribution is 2.69. The van der Waals surface area contributed by atoms with Gasteiger partial charge in [0.25, 0.3) is 5.13 Å². The molecule has 0 radical (unpaired) electrons. The fraction of sp³-hybridized carbons (Fsp3) is 1.00. The van der Waals surface area contributed by atoms with Crippen LogP contribution >= 0.6 is 11.6 Å². The Bertz CT molecular complexity index is 156. The summed E-state index contributed by atoms with van der Waals surface area (Å²) in [6.45, 7) is -0.00257. The Balaban J connectivity index is 3.16. The molecule has 0 amide bonds. The Morgan fingerprint density at radius 2 is 1.17 bits per heavy atom. The van der Waals surface area contributed by atoms with Crippen LogP contribution in [0.15, 0.2) is 0 Å². The molecule has 0 aliphatic heterocycles. The van der Waals surface area contributed by atoms with Crippen molar-refractivity contribution in [2.45, 2.75) is 29.6 Å². The second-order valence-corrected chi connectivity index (χ2v) is 3.25. The number of hydrogen-bond donors (Lipinski definition) is 0. The van der Waals surface area contributed by atoms with Crippen LogP contribution in [0.4, 0.5) is 26.3 Å². The largest absolute Gasteiger partial charge is 0.364 e. The molecule has 1 saturated carbocycles. The Labute approximate surface area is 68.5 Å². The summed E-state index contributed by atoms with van der Waals surface area (Å²) in [4.78, 5) is 0. The average molecular weight is 213 g/mol. The molecule has 7 heteroatoms. The van der Waals surface area contributed by atoms with Crippen molar-refractivity contribution in [1.29, 1.82) is 0 Å². The van der Waals surface area contributed by atoms with Crippen LogP contribution in [-0.2, 0) is 0 Å². The number of halogens is 7. The van der Waals surface area contributed by atoms with Crippen LogP contribution in [0.3, 0.4) is 0 Å². The van der Waals surface area contributed by atoms with E-state index in [4.69, 9.17) is 0 Å². The van der Waals surface area contributed by atoms with E-state index in [1.807, 2.05) is 0 Å². The van der Waals surface area contributed by atoms with Gasteiger partial charge in [-0.1, -0.05) is 11.6 Å². The second kappa shape index (κ2) is 1.86. The van der Waals surface area contributed by atoms with Gasteiger partial charge in [-0.25, -0.2) is 8.78 Å². The Morgan fingerprint density at radius 3 is 1.25 bits per heavy atom. The quantitative estimate of drug-likeness (QED) is 0.428. The van der Waals surface area contributed by atoms with E-state index in [2.05, 4.69) is 11.6 Å². The van der Waals surface area contributed by atoms with Crippen molar-refractivity contribution in [3.8, 4) is 0 Å². The summed E-state index contributed by atoms with van der Waals surface area (Å²) in [5.74, 6) is -10.2. The van der Waals surface area contributed by atoms with Gasteiger partial charge in [0.05, 0.1) is 0 Å². The molecule has 2 atom stereocenters. The summed E-state index contributed by atoms with van der Waals surface area (Å²) in [7, 11) is 0. The molecule has 0 bridgehead atoms. The van der Waals surface area contributed by atoms with Gasteiger partial charge in [-0.05, 0) is 6.92 Å². The van der Waals surface area contributed by atoms with Crippen molar-refractivity contribution in [2.75, 3.05) is 0 Å². The molecule has 1 rings (SSSR count). The maximum absolute atomic E-state index is 12.5. The van der Waals surface area contributed by atoms with Gasteiger partial charge in [-0.2, -0.15) is 17.6 Å². The lowest BCUT2D eigenvalue weighted by Gasteiger charge is -2.53. The fourth-order valence-electron chi connectivity index (χ4n) is 0.921. The van der Waals surface area contributed by atoms with Gasteiger partial charge in [0, 0.05) is 0 Å². The summed E-state index contributed by atoms with van der Waals surface area (Å²) >= 11 is 4.30. The molecule has 2 unspecified atom stereocenters. The molecule has 72 valence electrons. The molecule has 0 heterocycles. The van der Waals surface area contributed by atoms with Crippen molar-refractivity contribution < 1.29 is 26.3 Å². The highest BCUT2D eigenvalue weighted by molar-refractivity contribution is 6.25. The maximum Gasteiger partial charge on any atom is 0.364 e. The summed E-state index contributed by atoms with van der Waals surface area (Å²) in [6.07, 6.45) is 0. The van der Waals surface area contributed by atoms with Crippen molar-refractivity contribution in [1.82, 2.24) is 0 Å². The molecule has 1 aliphatic rings. The zero-order valence-electron chi connectivity index (χ0n) is 5.65. The van der Waals surface area contributed by atoms with E-state index in [0.717, 1.165) is 0 Å². The molecule has 0 spiro atoms. The van der Waals surface area contributed by atoms with Gasteiger partial charge < -0.3 is 0 Å². The van der Waals surface area contributed by atoms with Crippen LogP contribution in [0.25, 0.3) is 0 Å². The minimum absolute atomic E-state index is 0.00257. The predicted octanol–water partition coefficient (Wildman–Crippen LogP) is 2.90. The zero-order chi connectivity index (χ0) is 10.0.